The van der Waals surface area contributed by atoms with Crippen molar-refractivity contribution in [1.29, 1.82) is 0 Å². The zero-order valence-electron chi connectivity index (χ0n) is 27.8. The van der Waals surface area contributed by atoms with Crippen molar-refractivity contribution in [1.82, 2.24) is 8.80 Å². The van der Waals surface area contributed by atoms with Crippen LogP contribution in [0, 0.1) is 0 Å². The number of para-hydroxylation sites is 2. The third kappa shape index (κ3) is 2.89. The van der Waals surface area contributed by atoms with Crippen molar-refractivity contribution in [3.63, 3.8) is 0 Å². The predicted molar refractivity (Wildman–Crippen MR) is 212 cm³/mol. The number of aryl methyl sites for hydroxylation is 1. The van der Waals surface area contributed by atoms with Gasteiger partial charge in [0.05, 0.1) is 38.5 Å². The van der Waals surface area contributed by atoms with Crippen molar-refractivity contribution < 1.29 is 0 Å². The molecule has 0 amide bonds. The fraction of sp³-hybridized carbons (Fsp3) is 0.0612. The summed E-state index contributed by atoms with van der Waals surface area (Å²) in [5.41, 5.74) is 17.0. The van der Waals surface area contributed by atoms with Crippen LogP contribution in [0.4, 0.5) is 0 Å². The number of hydrogen-bond acceptors (Lipinski definition) is 0. The molecule has 2 aliphatic carbocycles. The summed E-state index contributed by atoms with van der Waals surface area (Å²) in [6.45, 7) is 0. The fourth-order valence-electron chi connectivity index (χ4n) is 10.8. The second kappa shape index (κ2) is 9.04. The largest absolute Gasteiger partial charge is 0.308 e. The maximum atomic E-state index is 2.60. The molecule has 4 aromatic heterocycles. The van der Waals surface area contributed by atoms with Crippen molar-refractivity contribution in [3.8, 4) is 11.1 Å². The summed E-state index contributed by atoms with van der Waals surface area (Å²) < 4.78 is 5.20. The van der Waals surface area contributed by atoms with Gasteiger partial charge in [0, 0.05) is 37.5 Å². The molecule has 2 aliphatic rings. The zero-order chi connectivity index (χ0) is 33.0. The molecule has 0 atom stereocenters. The molecule has 0 bridgehead atoms. The van der Waals surface area contributed by atoms with Crippen molar-refractivity contribution in [2.45, 2.75) is 18.3 Å². The van der Waals surface area contributed by atoms with Crippen molar-refractivity contribution in [3.05, 3.63) is 185 Å². The summed E-state index contributed by atoms with van der Waals surface area (Å²) in [7, 11) is 0. The van der Waals surface area contributed by atoms with E-state index in [1.165, 1.54) is 110 Å². The minimum Gasteiger partial charge on any atom is -0.308 e. The van der Waals surface area contributed by atoms with E-state index in [2.05, 4.69) is 167 Å². The van der Waals surface area contributed by atoms with Gasteiger partial charge in [0.1, 0.15) is 0 Å². The molecule has 7 aromatic carbocycles. The van der Waals surface area contributed by atoms with Gasteiger partial charge in [-0.3, -0.25) is 0 Å². The first-order valence-electron chi connectivity index (χ1n) is 18.2. The minimum atomic E-state index is -0.487. The Morgan fingerprint density at radius 2 is 1.10 bits per heavy atom. The van der Waals surface area contributed by atoms with Crippen LogP contribution in [0.3, 0.4) is 0 Å². The molecule has 2 nitrogen and oxygen atoms in total. The second-order valence-corrected chi connectivity index (χ2v) is 14.6. The number of benzene rings is 7. The fourth-order valence-corrected chi connectivity index (χ4v) is 10.8. The molecule has 0 saturated heterocycles. The van der Waals surface area contributed by atoms with Gasteiger partial charge in [0.25, 0.3) is 0 Å². The molecule has 0 saturated carbocycles. The van der Waals surface area contributed by atoms with E-state index in [9.17, 15) is 0 Å². The Kier molecular flexibility index (Phi) is 4.69. The Morgan fingerprint density at radius 3 is 1.88 bits per heavy atom. The topological polar surface area (TPSA) is 8.82 Å². The van der Waals surface area contributed by atoms with Crippen molar-refractivity contribution in [2.75, 3.05) is 0 Å². The Labute approximate surface area is 293 Å². The van der Waals surface area contributed by atoms with Gasteiger partial charge in [0.15, 0.2) is 0 Å². The number of aromatic nitrogens is 2. The highest BCUT2D eigenvalue weighted by atomic mass is 14.9. The standard InChI is InChI=1S/C49H30N2/c1-3-14-29(15-4-1)49(30-16-5-2-6-17-30)38-23-10-7-18-31(38)33-26-27-41-44(46(33)49)37-28-42-43(45-35-20-9-12-25-40(35)50(41)48(37)45)36-22-13-21-34-32-19-8-11-24-39(32)51(42)47(34)36/h1-12,14-21,23-28H,13,22H2. The molecular weight excluding hydrogens is 617 g/mol. The maximum absolute atomic E-state index is 2.60. The lowest BCUT2D eigenvalue weighted by Gasteiger charge is -2.34. The summed E-state index contributed by atoms with van der Waals surface area (Å²) in [4.78, 5) is 0. The lowest BCUT2D eigenvalue weighted by atomic mass is 9.67. The van der Waals surface area contributed by atoms with E-state index in [4.69, 9.17) is 0 Å². The summed E-state index contributed by atoms with van der Waals surface area (Å²) in [6.07, 6.45) is 4.61. The molecule has 0 unspecified atom stereocenters. The van der Waals surface area contributed by atoms with Crippen LogP contribution >= 0.6 is 0 Å². The molecular formula is C49H30N2. The molecule has 4 heterocycles. The molecule has 0 fully saturated rings. The quantitative estimate of drug-likeness (QED) is 0.177. The van der Waals surface area contributed by atoms with Crippen LogP contribution in [0.1, 0.15) is 34.2 Å². The molecule has 13 rings (SSSR count). The lowest BCUT2D eigenvalue weighted by molar-refractivity contribution is 0.776. The SMILES string of the molecule is C1=c2c3ccccc3n3c2c(c2c4c5ccccc5n5c6ccc7c(c6c(cc23)c45)C(c2ccccc2)(c2ccccc2)c2ccccc2-7)CC1. The normalized spacial score (nSPS) is 14.8. The molecule has 51 heavy (non-hydrogen) atoms. The van der Waals surface area contributed by atoms with Gasteiger partial charge in [-0.15, -0.1) is 0 Å². The first-order valence-corrected chi connectivity index (χ1v) is 18.2. The summed E-state index contributed by atoms with van der Waals surface area (Å²) >= 11 is 0. The number of rotatable bonds is 2. The molecule has 2 heteroatoms. The molecule has 236 valence electrons. The first-order chi connectivity index (χ1) is 25.4. The highest BCUT2D eigenvalue weighted by Crippen LogP contribution is 2.60. The Balaban J connectivity index is 1.34. The highest BCUT2D eigenvalue weighted by molar-refractivity contribution is 6.34. The van der Waals surface area contributed by atoms with E-state index in [1.54, 1.807) is 0 Å². The third-order valence-electron chi connectivity index (χ3n) is 12.5. The predicted octanol–water partition coefficient (Wildman–Crippen LogP) is 11.2. The van der Waals surface area contributed by atoms with Crippen LogP contribution in [0.2, 0.25) is 0 Å². The van der Waals surface area contributed by atoms with Crippen LogP contribution < -0.4 is 5.22 Å². The Hall–Kier alpha value is -6.38. The van der Waals surface area contributed by atoms with Crippen molar-refractivity contribution >= 4 is 71.5 Å². The third-order valence-corrected chi connectivity index (χ3v) is 12.5. The van der Waals surface area contributed by atoms with Gasteiger partial charge in [-0.25, -0.2) is 0 Å². The van der Waals surface area contributed by atoms with E-state index >= 15 is 0 Å². The van der Waals surface area contributed by atoms with Crippen molar-refractivity contribution in [2.24, 2.45) is 0 Å². The van der Waals surface area contributed by atoms with Gasteiger partial charge in [-0.05, 0) is 76.1 Å². The Morgan fingerprint density at radius 1 is 0.451 bits per heavy atom. The van der Waals surface area contributed by atoms with Crippen LogP contribution in [0.5, 0.6) is 0 Å². The molecule has 11 aromatic rings. The summed E-state index contributed by atoms with van der Waals surface area (Å²) in [5.74, 6) is 0. The van der Waals surface area contributed by atoms with Gasteiger partial charge in [0.2, 0.25) is 0 Å². The van der Waals surface area contributed by atoms with Gasteiger partial charge < -0.3 is 8.80 Å². The number of nitrogens with zero attached hydrogens (tertiary/aromatic N) is 2. The smallest absolute Gasteiger partial charge is 0.0720 e. The maximum Gasteiger partial charge on any atom is 0.0720 e. The molecule has 0 N–H and O–H groups in total. The molecule has 0 radical (unpaired) electrons. The van der Waals surface area contributed by atoms with Gasteiger partial charge in [-0.1, -0.05) is 133 Å². The van der Waals surface area contributed by atoms with E-state index in [-0.39, 0.29) is 0 Å². The minimum absolute atomic E-state index is 0.487. The summed E-state index contributed by atoms with van der Waals surface area (Å²) in [6, 6.07) is 57.2. The van der Waals surface area contributed by atoms with Gasteiger partial charge >= 0.3 is 0 Å². The second-order valence-electron chi connectivity index (χ2n) is 14.6. The Bertz CT molecular complexity index is 3300. The molecule has 0 aliphatic heterocycles. The average molecular weight is 647 g/mol. The van der Waals surface area contributed by atoms with E-state index in [0.29, 0.717) is 0 Å². The zero-order valence-corrected chi connectivity index (χ0v) is 27.8. The summed E-state index contributed by atoms with van der Waals surface area (Å²) in [5, 5.41) is 9.64. The highest BCUT2D eigenvalue weighted by Gasteiger charge is 2.48. The number of hydrogen-bond donors (Lipinski definition) is 0. The van der Waals surface area contributed by atoms with Crippen LogP contribution in [-0.2, 0) is 11.8 Å². The molecule has 0 spiro atoms. The monoisotopic (exact) mass is 646 g/mol. The van der Waals surface area contributed by atoms with Crippen LogP contribution in [-0.4, -0.2) is 8.80 Å². The van der Waals surface area contributed by atoms with E-state index < -0.39 is 5.41 Å². The lowest BCUT2D eigenvalue weighted by Crippen LogP contribution is -2.28. The van der Waals surface area contributed by atoms with Gasteiger partial charge in [-0.2, -0.15) is 0 Å². The van der Waals surface area contributed by atoms with Crippen LogP contribution in [0.25, 0.3) is 82.6 Å². The first kappa shape index (κ1) is 26.5. The van der Waals surface area contributed by atoms with E-state index in [1.807, 2.05) is 0 Å². The average Bonchev–Trinajstić information content (AvgIpc) is 3.98. The van der Waals surface area contributed by atoms with Crippen LogP contribution in [0.15, 0.2) is 152 Å². The van der Waals surface area contributed by atoms with E-state index in [0.717, 1.165) is 12.8 Å². The number of fused-ring (bicyclic) bond motifs is 17.